The molecular formula is C23H22N4O6S. The lowest BCUT2D eigenvalue weighted by molar-refractivity contribution is 0.0527. The predicted octanol–water partition coefficient (Wildman–Crippen LogP) is 3.51. The van der Waals surface area contributed by atoms with Crippen molar-refractivity contribution in [1.29, 1.82) is 0 Å². The topological polar surface area (TPSA) is 125 Å². The fourth-order valence-electron chi connectivity index (χ4n) is 3.47. The van der Waals surface area contributed by atoms with E-state index in [1.165, 1.54) is 25.4 Å². The highest BCUT2D eigenvalue weighted by Gasteiger charge is 2.33. The Morgan fingerprint density at radius 2 is 1.91 bits per heavy atom. The van der Waals surface area contributed by atoms with Crippen molar-refractivity contribution in [3.63, 3.8) is 0 Å². The van der Waals surface area contributed by atoms with Crippen LogP contribution in [0.5, 0.6) is 5.75 Å². The van der Waals surface area contributed by atoms with E-state index in [0.29, 0.717) is 22.4 Å². The molecule has 0 N–H and O–H groups in total. The molecule has 0 saturated carbocycles. The van der Waals surface area contributed by atoms with Crippen molar-refractivity contribution < 1.29 is 27.2 Å². The Hall–Kier alpha value is -3.99. The maximum Gasteiger partial charge on any atom is 0.341 e. The molecule has 0 fully saturated rings. The SMILES string of the molecule is CCOC(=O)c1cnc2onc(C)c2c1N(Cc1cccnc1)S(=O)(=O)c1ccc(OC)cc1. The molecule has 4 aromatic rings. The molecular weight excluding hydrogens is 460 g/mol. The highest BCUT2D eigenvalue weighted by atomic mass is 32.2. The van der Waals surface area contributed by atoms with Crippen LogP contribution in [-0.2, 0) is 21.3 Å². The van der Waals surface area contributed by atoms with E-state index in [4.69, 9.17) is 14.0 Å². The Bertz CT molecular complexity index is 1420. The number of carbonyl (C=O) groups excluding carboxylic acids is 1. The van der Waals surface area contributed by atoms with Gasteiger partial charge >= 0.3 is 5.97 Å². The van der Waals surface area contributed by atoms with Gasteiger partial charge in [-0.05, 0) is 49.7 Å². The average Bonchev–Trinajstić information content (AvgIpc) is 3.23. The highest BCUT2D eigenvalue weighted by Crippen LogP contribution is 2.37. The monoisotopic (exact) mass is 482 g/mol. The van der Waals surface area contributed by atoms with Crippen LogP contribution >= 0.6 is 0 Å². The Morgan fingerprint density at radius 3 is 2.56 bits per heavy atom. The maximum absolute atomic E-state index is 14.0. The van der Waals surface area contributed by atoms with Gasteiger partial charge in [-0.25, -0.2) is 18.2 Å². The van der Waals surface area contributed by atoms with Crippen LogP contribution in [0.1, 0.15) is 28.5 Å². The molecule has 0 aliphatic carbocycles. The smallest absolute Gasteiger partial charge is 0.341 e. The van der Waals surface area contributed by atoms with Crippen LogP contribution in [0.3, 0.4) is 0 Å². The summed E-state index contributed by atoms with van der Waals surface area (Å²) in [6, 6.07) is 9.42. The van der Waals surface area contributed by atoms with Gasteiger partial charge in [0.25, 0.3) is 15.7 Å². The number of nitrogens with zero attached hydrogens (tertiary/aromatic N) is 4. The number of anilines is 1. The van der Waals surface area contributed by atoms with Gasteiger partial charge in [0.2, 0.25) is 0 Å². The number of pyridine rings is 2. The first-order chi connectivity index (χ1) is 16.4. The molecule has 34 heavy (non-hydrogen) atoms. The third-order valence-corrected chi connectivity index (χ3v) is 6.85. The molecule has 1 aromatic carbocycles. The number of aromatic nitrogens is 3. The van der Waals surface area contributed by atoms with E-state index in [1.807, 2.05) is 0 Å². The first-order valence-corrected chi connectivity index (χ1v) is 11.8. The summed E-state index contributed by atoms with van der Waals surface area (Å²) in [5.41, 5.74) is 1.13. The van der Waals surface area contributed by atoms with Crippen molar-refractivity contribution in [3.05, 3.63) is 71.8 Å². The van der Waals surface area contributed by atoms with Crippen LogP contribution in [-0.4, -0.2) is 43.2 Å². The lowest BCUT2D eigenvalue weighted by atomic mass is 10.1. The van der Waals surface area contributed by atoms with Crippen LogP contribution in [0.4, 0.5) is 5.69 Å². The number of ether oxygens (including phenoxy) is 2. The maximum atomic E-state index is 14.0. The summed E-state index contributed by atoms with van der Waals surface area (Å²) in [5.74, 6) is -0.209. The number of hydrogen-bond donors (Lipinski definition) is 0. The zero-order valence-electron chi connectivity index (χ0n) is 18.8. The Morgan fingerprint density at radius 1 is 1.15 bits per heavy atom. The number of hydrogen-bond acceptors (Lipinski definition) is 9. The summed E-state index contributed by atoms with van der Waals surface area (Å²) < 4.78 is 44.7. The number of methoxy groups -OCH3 is 1. The molecule has 0 amide bonds. The summed E-state index contributed by atoms with van der Waals surface area (Å²) >= 11 is 0. The van der Waals surface area contributed by atoms with Gasteiger partial charge in [-0.3, -0.25) is 9.29 Å². The molecule has 0 unspecified atom stereocenters. The molecule has 10 nitrogen and oxygen atoms in total. The number of sulfonamides is 1. The van der Waals surface area contributed by atoms with E-state index in [2.05, 4.69) is 15.1 Å². The molecule has 0 aliphatic heterocycles. The van der Waals surface area contributed by atoms with Gasteiger partial charge < -0.3 is 14.0 Å². The van der Waals surface area contributed by atoms with Crippen LogP contribution in [0.2, 0.25) is 0 Å². The van der Waals surface area contributed by atoms with E-state index >= 15 is 0 Å². The number of fused-ring (bicyclic) bond motifs is 1. The van der Waals surface area contributed by atoms with Crippen LogP contribution in [0, 0.1) is 6.92 Å². The van der Waals surface area contributed by atoms with Gasteiger partial charge in [-0.15, -0.1) is 0 Å². The molecule has 0 saturated heterocycles. The molecule has 0 aliphatic rings. The van der Waals surface area contributed by atoms with Gasteiger partial charge in [0, 0.05) is 18.6 Å². The van der Waals surface area contributed by atoms with E-state index in [0.717, 1.165) is 4.31 Å². The molecule has 0 atom stereocenters. The van der Waals surface area contributed by atoms with Crippen molar-refractivity contribution in [1.82, 2.24) is 15.1 Å². The van der Waals surface area contributed by atoms with Gasteiger partial charge in [-0.2, -0.15) is 0 Å². The number of esters is 1. The standard InChI is InChI=1S/C23H22N4O6S/c1-4-32-23(28)19-13-25-22-20(15(2)26-33-22)21(19)27(14-16-6-5-11-24-12-16)34(29,30)18-9-7-17(31-3)8-10-18/h5-13H,4,14H2,1-3H3. The molecule has 176 valence electrons. The Labute approximate surface area is 196 Å². The van der Waals surface area contributed by atoms with Gasteiger partial charge in [0.15, 0.2) is 0 Å². The zero-order chi connectivity index (χ0) is 24.3. The highest BCUT2D eigenvalue weighted by molar-refractivity contribution is 7.92. The van der Waals surface area contributed by atoms with Gasteiger partial charge in [0.05, 0.1) is 41.9 Å². The van der Waals surface area contributed by atoms with Crippen molar-refractivity contribution in [2.45, 2.75) is 25.3 Å². The van der Waals surface area contributed by atoms with Crippen LogP contribution in [0.25, 0.3) is 11.1 Å². The minimum Gasteiger partial charge on any atom is -0.497 e. The second kappa shape index (κ2) is 9.48. The lowest BCUT2D eigenvalue weighted by Gasteiger charge is -2.26. The summed E-state index contributed by atoms with van der Waals surface area (Å²) in [7, 11) is -2.70. The second-order valence-electron chi connectivity index (χ2n) is 7.24. The minimum absolute atomic E-state index is 0.00562. The first kappa shape index (κ1) is 23.2. The molecule has 11 heteroatoms. The summed E-state index contributed by atoms with van der Waals surface area (Å²) in [6.45, 7) is 3.30. The molecule has 3 aromatic heterocycles. The molecule has 3 heterocycles. The normalized spacial score (nSPS) is 11.4. The van der Waals surface area contributed by atoms with Crippen molar-refractivity contribution in [3.8, 4) is 5.75 Å². The fourth-order valence-corrected chi connectivity index (χ4v) is 4.95. The van der Waals surface area contributed by atoms with Gasteiger partial charge in [0.1, 0.15) is 11.3 Å². The summed E-state index contributed by atoms with van der Waals surface area (Å²) in [4.78, 5) is 21.1. The van der Waals surface area contributed by atoms with E-state index in [-0.39, 0.29) is 35.0 Å². The summed E-state index contributed by atoms with van der Waals surface area (Å²) in [5, 5.41) is 4.23. The van der Waals surface area contributed by atoms with Crippen LogP contribution in [0.15, 0.2) is 64.4 Å². The number of benzene rings is 1. The molecule has 4 rings (SSSR count). The molecule has 0 bridgehead atoms. The second-order valence-corrected chi connectivity index (χ2v) is 9.10. The first-order valence-electron chi connectivity index (χ1n) is 10.3. The minimum atomic E-state index is -4.19. The third-order valence-electron chi connectivity index (χ3n) is 5.09. The number of rotatable bonds is 8. The predicted molar refractivity (Wildman–Crippen MR) is 123 cm³/mol. The molecule has 0 radical (unpaired) electrons. The van der Waals surface area contributed by atoms with Crippen LogP contribution < -0.4 is 9.04 Å². The van der Waals surface area contributed by atoms with Gasteiger partial charge in [-0.1, -0.05) is 11.2 Å². The van der Waals surface area contributed by atoms with Crippen molar-refractivity contribution in [2.75, 3.05) is 18.0 Å². The quantitative estimate of drug-likeness (QED) is 0.347. The van der Waals surface area contributed by atoms with E-state index < -0.39 is 16.0 Å². The zero-order valence-corrected chi connectivity index (χ0v) is 19.6. The van der Waals surface area contributed by atoms with Crippen molar-refractivity contribution in [2.24, 2.45) is 0 Å². The summed E-state index contributed by atoms with van der Waals surface area (Å²) in [6.07, 6.45) is 4.38. The van der Waals surface area contributed by atoms with Crippen molar-refractivity contribution >= 4 is 32.8 Å². The Kier molecular flexibility index (Phi) is 6.46. The van der Waals surface area contributed by atoms with E-state index in [9.17, 15) is 13.2 Å². The van der Waals surface area contributed by atoms with E-state index in [1.54, 1.807) is 50.5 Å². The third kappa shape index (κ3) is 4.29. The Balaban J connectivity index is 1.99. The lowest BCUT2D eigenvalue weighted by Crippen LogP contribution is -2.32. The number of aryl methyl sites for hydroxylation is 1. The fraction of sp³-hybridized carbons (Fsp3) is 0.217. The number of carbonyl (C=O) groups is 1. The average molecular weight is 483 g/mol. The molecule has 0 spiro atoms. The largest absolute Gasteiger partial charge is 0.497 e.